The van der Waals surface area contributed by atoms with Crippen LogP contribution in [-0.2, 0) is 4.79 Å². The van der Waals surface area contributed by atoms with Crippen LogP contribution in [0.25, 0.3) is 23.1 Å². The smallest absolute Gasteiger partial charge is 0.283 e. The summed E-state index contributed by atoms with van der Waals surface area (Å²) in [6.45, 7) is 0. The lowest BCUT2D eigenvalue weighted by Gasteiger charge is -2.26. The second kappa shape index (κ2) is 7.59. The van der Waals surface area contributed by atoms with Gasteiger partial charge in [0, 0.05) is 15.4 Å². The molecule has 0 unspecified atom stereocenters. The van der Waals surface area contributed by atoms with Crippen molar-refractivity contribution < 1.29 is 9.21 Å². The van der Waals surface area contributed by atoms with Gasteiger partial charge < -0.3 is 4.42 Å². The monoisotopic (exact) mass is 475 g/mol. The Kier molecular flexibility index (Phi) is 4.77. The van der Waals surface area contributed by atoms with Crippen molar-refractivity contribution in [3.05, 3.63) is 93.5 Å². The molecule has 0 saturated carbocycles. The quantitative estimate of drug-likeness (QED) is 0.470. The molecule has 1 N–H and O–H groups in total. The number of nitrogens with zero attached hydrogens (tertiary/aromatic N) is 2. The van der Waals surface area contributed by atoms with Crippen LogP contribution in [0.2, 0.25) is 0 Å². The van der Waals surface area contributed by atoms with Crippen LogP contribution in [0.15, 0.2) is 91.6 Å². The van der Waals surface area contributed by atoms with Crippen LogP contribution in [0, 0.1) is 5.41 Å². The van der Waals surface area contributed by atoms with Crippen molar-refractivity contribution in [3.8, 4) is 11.3 Å². The van der Waals surface area contributed by atoms with Crippen LogP contribution in [0.3, 0.4) is 0 Å². The third-order valence-corrected chi connectivity index (χ3v) is 6.08. The number of nitrogens with one attached hydrogen (secondary N) is 1. The molecule has 7 heteroatoms. The third kappa shape index (κ3) is 3.36. The topological polar surface area (TPSA) is 69.7 Å². The normalized spacial score (nSPS) is 17.2. The first-order chi connectivity index (χ1) is 14.6. The Morgan fingerprint density at radius 1 is 1.00 bits per heavy atom. The molecule has 3 heterocycles. The van der Waals surface area contributed by atoms with Crippen molar-refractivity contribution in [3.63, 3.8) is 0 Å². The fraction of sp³-hybridized carbons (Fsp3) is 0. The largest absolute Gasteiger partial charge is 0.457 e. The van der Waals surface area contributed by atoms with E-state index in [-0.39, 0.29) is 11.4 Å². The van der Waals surface area contributed by atoms with E-state index in [1.54, 1.807) is 17.0 Å². The summed E-state index contributed by atoms with van der Waals surface area (Å²) in [4.78, 5) is 18.5. The number of amides is 1. The minimum absolute atomic E-state index is 0.0895. The van der Waals surface area contributed by atoms with Gasteiger partial charge in [-0.3, -0.25) is 15.1 Å². The van der Waals surface area contributed by atoms with Gasteiger partial charge in [-0.1, -0.05) is 70.2 Å². The van der Waals surface area contributed by atoms with Crippen LogP contribution in [0.5, 0.6) is 0 Å². The van der Waals surface area contributed by atoms with E-state index in [1.807, 2.05) is 66.1 Å². The zero-order valence-corrected chi connectivity index (χ0v) is 17.9. The number of rotatable bonds is 3. The molecule has 0 saturated heterocycles. The van der Waals surface area contributed by atoms with Gasteiger partial charge in [0.25, 0.3) is 5.91 Å². The molecule has 0 radical (unpaired) electrons. The highest BCUT2D eigenvalue weighted by molar-refractivity contribution is 9.10. The average Bonchev–Trinajstić information content (AvgIpc) is 3.39. The Labute approximate surface area is 185 Å². The molecule has 0 bridgehead atoms. The van der Waals surface area contributed by atoms with Gasteiger partial charge in [0.2, 0.25) is 0 Å². The van der Waals surface area contributed by atoms with E-state index in [0.717, 1.165) is 21.3 Å². The molecule has 2 aromatic carbocycles. The number of benzene rings is 2. The van der Waals surface area contributed by atoms with Crippen LogP contribution in [0.1, 0.15) is 11.3 Å². The van der Waals surface area contributed by atoms with E-state index in [9.17, 15) is 4.79 Å². The van der Waals surface area contributed by atoms with Gasteiger partial charge in [-0.05, 0) is 35.9 Å². The molecule has 0 atom stereocenters. The molecule has 5 nitrogen and oxygen atoms in total. The second-order valence-electron chi connectivity index (χ2n) is 6.64. The first-order valence-electron chi connectivity index (χ1n) is 9.12. The maximum atomic E-state index is 12.6. The molecular weight excluding hydrogens is 462 g/mol. The molecule has 2 aliphatic heterocycles. The van der Waals surface area contributed by atoms with Crippen molar-refractivity contribution in [2.75, 3.05) is 0 Å². The summed E-state index contributed by atoms with van der Waals surface area (Å²) < 4.78 is 6.89. The van der Waals surface area contributed by atoms with Gasteiger partial charge in [0.15, 0.2) is 5.17 Å². The Bertz CT molecular complexity index is 1260. The lowest BCUT2D eigenvalue weighted by atomic mass is 10.1. The lowest BCUT2D eigenvalue weighted by Crippen LogP contribution is -2.37. The molecule has 30 heavy (non-hydrogen) atoms. The van der Waals surface area contributed by atoms with E-state index in [0.29, 0.717) is 16.7 Å². The first-order valence-corrected chi connectivity index (χ1v) is 10.8. The van der Waals surface area contributed by atoms with Gasteiger partial charge in [-0.15, -0.1) is 0 Å². The molecule has 1 aromatic heterocycles. The van der Waals surface area contributed by atoms with Gasteiger partial charge in [0.1, 0.15) is 17.4 Å². The molecule has 3 aromatic rings. The fourth-order valence-electron chi connectivity index (χ4n) is 3.26. The summed E-state index contributed by atoms with van der Waals surface area (Å²) in [6, 6.07) is 21.2. The molecule has 1 amide bonds. The number of furan rings is 1. The van der Waals surface area contributed by atoms with Crippen LogP contribution < -0.4 is 0 Å². The number of hydrogen-bond donors (Lipinski definition) is 1. The van der Waals surface area contributed by atoms with Gasteiger partial charge in [-0.25, -0.2) is 0 Å². The average molecular weight is 476 g/mol. The van der Waals surface area contributed by atoms with Gasteiger partial charge in [0.05, 0.1) is 11.3 Å². The Balaban J connectivity index is 1.48. The SMILES string of the molecule is N=C1/C(=C/c2ccc(-c3ccc(Br)cc3)o2)C(=O)N=C2SC=C(c3ccccc3)N12. The summed E-state index contributed by atoms with van der Waals surface area (Å²) in [5, 5.41) is 11.1. The highest BCUT2D eigenvalue weighted by Gasteiger charge is 2.36. The molecule has 0 aliphatic carbocycles. The zero-order chi connectivity index (χ0) is 20.7. The lowest BCUT2D eigenvalue weighted by molar-refractivity contribution is -0.114. The van der Waals surface area contributed by atoms with Crippen LogP contribution in [0.4, 0.5) is 0 Å². The zero-order valence-electron chi connectivity index (χ0n) is 15.5. The first kappa shape index (κ1) is 18.8. The van der Waals surface area contributed by atoms with Gasteiger partial charge >= 0.3 is 0 Å². The van der Waals surface area contributed by atoms with Crippen molar-refractivity contribution in [2.45, 2.75) is 0 Å². The highest BCUT2D eigenvalue weighted by atomic mass is 79.9. The summed E-state index contributed by atoms with van der Waals surface area (Å²) >= 11 is 4.77. The number of hydrogen-bond acceptors (Lipinski definition) is 4. The Morgan fingerprint density at radius 2 is 1.77 bits per heavy atom. The number of thioether (sulfide) groups is 1. The van der Waals surface area contributed by atoms with E-state index < -0.39 is 5.91 Å². The minimum atomic E-state index is -0.442. The number of carbonyl (C=O) groups is 1. The maximum Gasteiger partial charge on any atom is 0.283 e. The second-order valence-corrected chi connectivity index (χ2v) is 8.39. The summed E-state index contributed by atoms with van der Waals surface area (Å²) in [7, 11) is 0. The Morgan fingerprint density at radius 3 is 2.53 bits per heavy atom. The van der Waals surface area contributed by atoms with Crippen molar-refractivity contribution in [2.24, 2.45) is 4.99 Å². The minimum Gasteiger partial charge on any atom is -0.457 e. The fourth-order valence-corrected chi connectivity index (χ4v) is 4.41. The van der Waals surface area contributed by atoms with E-state index in [4.69, 9.17) is 9.83 Å². The van der Waals surface area contributed by atoms with Crippen molar-refractivity contribution in [1.29, 1.82) is 5.41 Å². The number of halogens is 1. The molecule has 0 fully saturated rings. The third-order valence-electron chi connectivity index (χ3n) is 4.73. The highest BCUT2D eigenvalue weighted by Crippen LogP contribution is 2.37. The summed E-state index contributed by atoms with van der Waals surface area (Å²) in [6.07, 6.45) is 1.58. The number of carbonyl (C=O) groups excluding carboxylic acids is 1. The number of aliphatic imine (C=N–C) groups is 1. The number of fused-ring (bicyclic) bond motifs is 1. The predicted octanol–water partition coefficient (Wildman–Crippen LogP) is 6.01. The Hall–Kier alpha value is -3.16. The van der Waals surface area contributed by atoms with Crippen LogP contribution in [-0.4, -0.2) is 21.8 Å². The maximum absolute atomic E-state index is 12.6. The standard InChI is InChI=1S/C23H14BrN3O2S/c24-16-8-6-15(7-9-16)20-11-10-17(29-20)12-18-21(25)27-19(14-4-2-1-3-5-14)13-30-23(27)26-22(18)28/h1-13,25H/b18-12-,25-21?. The van der Waals surface area contributed by atoms with Crippen molar-refractivity contribution >= 4 is 56.4 Å². The molecule has 146 valence electrons. The van der Waals surface area contributed by atoms with E-state index in [2.05, 4.69) is 20.9 Å². The predicted molar refractivity (Wildman–Crippen MR) is 124 cm³/mol. The molecule has 2 aliphatic rings. The molecular formula is C23H14BrN3O2S. The molecule has 5 rings (SSSR count). The van der Waals surface area contributed by atoms with E-state index >= 15 is 0 Å². The van der Waals surface area contributed by atoms with E-state index in [1.165, 1.54) is 11.8 Å². The summed E-state index contributed by atoms with van der Waals surface area (Å²) in [5.41, 5.74) is 2.92. The number of amidine groups is 2. The molecule has 0 spiro atoms. The van der Waals surface area contributed by atoms with Crippen LogP contribution >= 0.6 is 27.7 Å². The van der Waals surface area contributed by atoms with Gasteiger partial charge in [-0.2, -0.15) is 4.99 Å². The van der Waals surface area contributed by atoms with Crippen molar-refractivity contribution in [1.82, 2.24) is 4.90 Å². The summed E-state index contributed by atoms with van der Waals surface area (Å²) in [5.74, 6) is 0.835.